The summed E-state index contributed by atoms with van der Waals surface area (Å²) in [6, 6.07) is 13.7. The molecular weight excluding hydrogens is 390 g/mol. The fourth-order valence-electron chi connectivity index (χ4n) is 2.97. The molecule has 4 aromatic rings. The molecule has 0 fully saturated rings. The third-order valence-corrected chi connectivity index (χ3v) is 6.31. The molecule has 0 spiro atoms. The summed E-state index contributed by atoms with van der Waals surface area (Å²) in [5.41, 5.74) is 2.52. The second-order valence-electron chi connectivity index (χ2n) is 6.32. The monoisotopic (exact) mass is 407 g/mol. The van der Waals surface area contributed by atoms with Gasteiger partial charge in [0.2, 0.25) is 0 Å². The standard InChI is InChI=1S/C21H17N3O2S2/c1-13(25)12-27-21-22-17(15-8-4-3-5-9-15)16-18(24-10-6-7-11-24)19(14(2)26)28-20(16)23-21/h3-11H,12H2,1-2H3. The largest absolute Gasteiger partial charge is 0.322 e. The Labute approximate surface area is 170 Å². The zero-order chi connectivity index (χ0) is 19.7. The van der Waals surface area contributed by atoms with Crippen molar-refractivity contribution in [2.75, 3.05) is 5.75 Å². The maximum absolute atomic E-state index is 12.4. The van der Waals surface area contributed by atoms with E-state index >= 15 is 0 Å². The van der Waals surface area contributed by atoms with Crippen molar-refractivity contribution >= 4 is 44.9 Å². The summed E-state index contributed by atoms with van der Waals surface area (Å²) in [4.78, 5) is 34.6. The van der Waals surface area contributed by atoms with Gasteiger partial charge in [-0.15, -0.1) is 11.3 Å². The van der Waals surface area contributed by atoms with Crippen LogP contribution < -0.4 is 0 Å². The smallest absolute Gasteiger partial charge is 0.189 e. The van der Waals surface area contributed by atoms with Crippen LogP contribution in [0.15, 0.2) is 60.0 Å². The average Bonchev–Trinajstić information content (AvgIpc) is 3.33. The Morgan fingerprint density at radius 1 is 1.04 bits per heavy atom. The van der Waals surface area contributed by atoms with Crippen LogP contribution in [0.3, 0.4) is 0 Å². The molecule has 0 bridgehead atoms. The van der Waals surface area contributed by atoms with Gasteiger partial charge in [0.05, 0.1) is 27.4 Å². The first-order chi connectivity index (χ1) is 13.5. The van der Waals surface area contributed by atoms with Crippen LogP contribution in [-0.4, -0.2) is 31.9 Å². The number of thioether (sulfide) groups is 1. The Hall–Kier alpha value is -2.77. The predicted molar refractivity (Wildman–Crippen MR) is 114 cm³/mol. The highest BCUT2D eigenvalue weighted by atomic mass is 32.2. The van der Waals surface area contributed by atoms with E-state index in [0.29, 0.717) is 15.8 Å². The summed E-state index contributed by atoms with van der Waals surface area (Å²) in [7, 11) is 0. The van der Waals surface area contributed by atoms with E-state index in [1.54, 1.807) is 13.8 Å². The van der Waals surface area contributed by atoms with Crippen molar-refractivity contribution in [2.24, 2.45) is 0 Å². The minimum atomic E-state index is -0.0105. The predicted octanol–water partition coefficient (Wildman–Crippen LogP) is 5.03. The summed E-state index contributed by atoms with van der Waals surface area (Å²) in [6.45, 7) is 3.12. The lowest BCUT2D eigenvalue weighted by Gasteiger charge is -2.09. The molecule has 5 nitrogen and oxygen atoms in total. The van der Waals surface area contributed by atoms with Crippen molar-refractivity contribution in [1.82, 2.24) is 14.5 Å². The van der Waals surface area contributed by atoms with Crippen molar-refractivity contribution < 1.29 is 9.59 Å². The summed E-state index contributed by atoms with van der Waals surface area (Å²) in [5, 5.41) is 1.39. The highest BCUT2D eigenvalue weighted by Gasteiger charge is 2.23. The third-order valence-electron chi connectivity index (χ3n) is 4.14. The lowest BCUT2D eigenvalue weighted by Crippen LogP contribution is -2.00. The molecule has 0 aliphatic carbocycles. The molecule has 3 aromatic heterocycles. The maximum atomic E-state index is 12.4. The van der Waals surface area contributed by atoms with Gasteiger partial charge in [0.15, 0.2) is 10.9 Å². The van der Waals surface area contributed by atoms with E-state index in [2.05, 4.69) is 4.98 Å². The van der Waals surface area contributed by atoms with Gasteiger partial charge >= 0.3 is 0 Å². The minimum absolute atomic E-state index is 0.0105. The number of ketones is 2. The molecule has 0 amide bonds. The van der Waals surface area contributed by atoms with Gasteiger partial charge in [-0.3, -0.25) is 9.59 Å². The molecule has 7 heteroatoms. The molecule has 4 rings (SSSR count). The Morgan fingerprint density at radius 3 is 2.39 bits per heavy atom. The molecule has 0 atom stereocenters. The summed E-state index contributed by atoms with van der Waals surface area (Å²) < 4.78 is 1.94. The summed E-state index contributed by atoms with van der Waals surface area (Å²) in [5.74, 6) is 0.372. The van der Waals surface area contributed by atoms with Crippen LogP contribution in [0.4, 0.5) is 0 Å². The molecule has 0 aliphatic heterocycles. The van der Waals surface area contributed by atoms with Gasteiger partial charge in [0, 0.05) is 24.9 Å². The van der Waals surface area contributed by atoms with E-state index in [-0.39, 0.29) is 11.6 Å². The molecule has 3 heterocycles. The number of Topliss-reactive ketones (excluding diaryl/α,β-unsaturated/α-hetero) is 2. The summed E-state index contributed by atoms with van der Waals surface area (Å²) >= 11 is 2.68. The highest BCUT2D eigenvalue weighted by Crippen LogP contribution is 2.40. The minimum Gasteiger partial charge on any atom is -0.322 e. The van der Waals surface area contributed by atoms with E-state index in [1.165, 1.54) is 23.1 Å². The van der Waals surface area contributed by atoms with Crippen LogP contribution in [0.5, 0.6) is 0 Å². The van der Waals surface area contributed by atoms with Crippen LogP contribution in [0.2, 0.25) is 0 Å². The van der Waals surface area contributed by atoms with Crippen molar-refractivity contribution in [1.29, 1.82) is 0 Å². The quantitative estimate of drug-likeness (QED) is 0.255. The molecule has 0 saturated heterocycles. The number of thiophene rings is 1. The number of fused-ring (bicyclic) bond motifs is 1. The fraction of sp³-hybridized carbons (Fsp3) is 0.143. The lowest BCUT2D eigenvalue weighted by molar-refractivity contribution is -0.114. The van der Waals surface area contributed by atoms with E-state index in [4.69, 9.17) is 4.98 Å². The molecule has 0 saturated carbocycles. The molecule has 0 radical (unpaired) electrons. The van der Waals surface area contributed by atoms with E-state index in [1.807, 2.05) is 59.4 Å². The van der Waals surface area contributed by atoms with Crippen molar-refractivity contribution in [3.05, 3.63) is 59.7 Å². The first-order valence-corrected chi connectivity index (χ1v) is 10.5. The normalized spacial score (nSPS) is 11.1. The van der Waals surface area contributed by atoms with E-state index in [0.717, 1.165) is 27.2 Å². The first kappa shape index (κ1) is 18.6. The van der Waals surface area contributed by atoms with Crippen molar-refractivity contribution in [2.45, 2.75) is 19.0 Å². The zero-order valence-corrected chi connectivity index (χ0v) is 17.0. The molecule has 0 unspecified atom stereocenters. The van der Waals surface area contributed by atoms with Gasteiger partial charge in [-0.1, -0.05) is 42.1 Å². The van der Waals surface area contributed by atoms with Gasteiger partial charge in [-0.05, 0) is 19.1 Å². The number of benzene rings is 1. The van der Waals surface area contributed by atoms with Gasteiger partial charge in [0.1, 0.15) is 10.6 Å². The molecule has 0 N–H and O–H groups in total. The van der Waals surface area contributed by atoms with E-state index < -0.39 is 0 Å². The first-order valence-electron chi connectivity index (χ1n) is 8.71. The number of aromatic nitrogens is 3. The lowest BCUT2D eigenvalue weighted by atomic mass is 10.1. The van der Waals surface area contributed by atoms with Gasteiger partial charge in [0.25, 0.3) is 0 Å². The van der Waals surface area contributed by atoms with Crippen LogP contribution in [0.1, 0.15) is 23.5 Å². The van der Waals surface area contributed by atoms with E-state index in [9.17, 15) is 9.59 Å². The van der Waals surface area contributed by atoms with Gasteiger partial charge in [-0.25, -0.2) is 9.97 Å². The number of rotatable bonds is 6. The van der Waals surface area contributed by atoms with Crippen molar-refractivity contribution in [3.63, 3.8) is 0 Å². The van der Waals surface area contributed by atoms with Crippen LogP contribution in [0.25, 0.3) is 27.2 Å². The maximum Gasteiger partial charge on any atom is 0.189 e. The second-order valence-corrected chi connectivity index (χ2v) is 8.26. The molecule has 1 aromatic carbocycles. The Kier molecular flexibility index (Phi) is 5.11. The molecule has 0 aliphatic rings. The number of carbonyl (C=O) groups excluding carboxylic acids is 2. The van der Waals surface area contributed by atoms with Crippen LogP contribution in [0, 0.1) is 0 Å². The Balaban J connectivity index is 2.04. The number of hydrogen-bond acceptors (Lipinski definition) is 6. The number of nitrogens with zero attached hydrogens (tertiary/aromatic N) is 3. The Morgan fingerprint density at radius 2 is 1.75 bits per heavy atom. The SMILES string of the molecule is CC(=O)CSc1nc(-c2ccccc2)c2c(-n3cccc3)c(C(C)=O)sc2n1. The molecule has 28 heavy (non-hydrogen) atoms. The van der Waals surface area contributed by atoms with Crippen molar-refractivity contribution in [3.8, 4) is 16.9 Å². The van der Waals surface area contributed by atoms with Gasteiger partial charge < -0.3 is 4.57 Å². The fourth-order valence-corrected chi connectivity index (χ4v) is 4.74. The molecular formula is C21H17N3O2S2. The van der Waals surface area contributed by atoms with Gasteiger partial charge in [-0.2, -0.15) is 0 Å². The highest BCUT2D eigenvalue weighted by molar-refractivity contribution is 7.99. The molecule has 140 valence electrons. The van der Waals surface area contributed by atoms with Crippen LogP contribution in [-0.2, 0) is 4.79 Å². The number of hydrogen-bond donors (Lipinski definition) is 0. The second kappa shape index (κ2) is 7.69. The number of carbonyl (C=O) groups is 2. The van der Waals surface area contributed by atoms with Crippen LogP contribution >= 0.6 is 23.1 Å². The average molecular weight is 408 g/mol. The third kappa shape index (κ3) is 3.50. The summed E-state index contributed by atoms with van der Waals surface area (Å²) in [6.07, 6.45) is 3.84. The zero-order valence-electron chi connectivity index (χ0n) is 15.4. The Bertz CT molecular complexity index is 1170. The topological polar surface area (TPSA) is 64.8 Å².